The van der Waals surface area contributed by atoms with Crippen LogP contribution in [0, 0.1) is 0 Å². The van der Waals surface area contributed by atoms with E-state index in [-0.39, 0.29) is 17.9 Å². The third-order valence-corrected chi connectivity index (χ3v) is 4.99. The Labute approximate surface area is 160 Å². The summed E-state index contributed by atoms with van der Waals surface area (Å²) in [4.78, 5) is 21.8. The van der Waals surface area contributed by atoms with Crippen molar-refractivity contribution in [1.82, 2.24) is 10.6 Å². The van der Waals surface area contributed by atoms with Crippen molar-refractivity contribution in [2.75, 3.05) is 19.7 Å². The van der Waals surface area contributed by atoms with E-state index >= 15 is 0 Å². The molecule has 0 bridgehead atoms. The molecule has 2 rings (SSSR count). The quantitative estimate of drug-likeness (QED) is 0.402. The fourth-order valence-corrected chi connectivity index (χ4v) is 3.31. The molecule has 5 nitrogen and oxygen atoms in total. The zero-order valence-electron chi connectivity index (χ0n) is 16.8. The number of amides is 1. The molecule has 0 saturated carbocycles. The molecule has 2 heterocycles. The summed E-state index contributed by atoms with van der Waals surface area (Å²) in [5, 5.41) is 5.85. The Kier molecular flexibility index (Phi) is 14.2. The molecule has 0 aromatic carbocycles. The van der Waals surface area contributed by atoms with Crippen LogP contribution in [-0.4, -0.2) is 37.6 Å². The Morgan fingerprint density at radius 3 is 2.08 bits per heavy atom. The number of esters is 1. The number of hydrogen-bond donors (Lipinski definition) is 2. The van der Waals surface area contributed by atoms with Crippen molar-refractivity contribution in [2.45, 2.75) is 103 Å². The van der Waals surface area contributed by atoms with E-state index in [2.05, 4.69) is 17.6 Å². The predicted molar refractivity (Wildman–Crippen MR) is 106 cm³/mol. The van der Waals surface area contributed by atoms with Gasteiger partial charge in [0.25, 0.3) is 0 Å². The van der Waals surface area contributed by atoms with Crippen molar-refractivity contribution in [1.29, 1.82) is 0 Å². The lowest BCUT2D eigenvalue weighted by Crippen LogP contribution is -2.32. The first-order valence-corrected chi connectivity index (χ1v) is 10.9. The molecule has 2 saturated heterocycles. The van der Waals surface area contributed by atoms with Gasteiger partial charge in [-0.3, -0.25) is 9.59 Å². The van der Waals surface area contributed by atoms with Crippen LogP contribution in [0.2, 0.25) is 0 Å². The lowest BCUT2D eigenvalue weighted by atomic mass is 10.1. The summed E-state index contributed by atoms with van der Waals surface area (Å²) in [6, 6.07) is -0.0295. The zero-order chi connectivity index (χ0) is 18.9. The van der Waals surface area contributed by atoms with Crippen LogP contribution in [0.15, 0.2) is 0 Å². The number of nitrogens with one attached hydrogen (secondary N) is 2. The first-order chi connectivity index (χ1) is 12.7. The van der Waals surface area contributed by atoms with Crippen molar-refractivity contribution in [3.63, 3.8) is 0 Å². The minimum atomic E-state index is -0.0431. The largest absolute Gasteiger partial charge is 0.465 e. The predicted octanol–water partition coefficient (Wildman–Crippen LogP) is 4.10. The number of carbonyl (C=O) groups excluding carboxylic acids is 2. The second kappa shape index (κ2) is 16.1. The fourth-order valence-electron chi connectivity index (χ4n) is 3.31. The van der Waals surface area contributed by atoms with E-state index in [9.17, 15) is 9.59 Å². The zero-order valence-corrected chi connectivity index (χ0v) is 16.8. The van der Waals surface area contributed by atoms with Gasteiger partial charge < -0.3 is 15.4 Å². The van der Waals surface area contributed by atoms with E-state index in [4.69, 9.17) is 4.74 Å². The first kappa shape index (κ1) is 22.9. The van der Waals surface area contributed by atoms with Crippen LogP contribution in [0.3, 0.4) is 0 Å². The molecular weight excluding hydrogens is 328 g/mol. The smallest absolute Gasteiger partial charge is 0.323 e. The van der Waals surface area contributed by atoms with E-state index in [0.717, 1.165) is 45.2 Å². The maximum absolute atomic E-state index is 11.6. The molecule has 2 fully saturated rings. The summed E-state index contributed by atoms with van der Waals surface area (Å²) in [5.74, 6) is 0.161. The Morgan fingerprint density at radius 2 is 1.62 bits per heavy atom. The number of rotatable bonds is 12. The first-order valence-electron chi connectivity index (χ1n) is 10.9. The third-order valence-electron chi connectivity index (χ3n) is 4.99. The van der Waals surface area contributed by atoms with Gasteiger partial charge >= 0.3 is 5.97 Å². The Balaban J connectivity index is 0.000000472. The molecule has 0 unspecified atom stereocenters. The molecule has 26 heavy (non-hydrogen) atoms. The van der Waals surface area contributed by atoms with Crippen molar-refractivity contribution in [3.8, 4) is 0 Å². The summed E-state index contributed by atoms with van der Waals surface area (Å²) in [5.41, 5.74) is 0. The van der Waals surface area contributed by atoms with Gasteiger partial charge in [-0.05, 0) is 32.2 Å². The molecule has 0 aromatic rings. The highest BCUT2D eigenvalue weighted by atomic mass is 16.5. The highest BCUT2D eigenvalue weighted by Gasteiger charge is 2.22. The van der Waals surface area contributed by atoms with Crippen LogP contribution >= 0.6 is 0 Å². The summed E-state index contributed by atoms with van der Waals surface area (Å²) in [6.45, 7) is 4.71. The van der Waals surface area contributed by atoms with Crippen LogP contribution in [0.5, 0.6) is 0 Å². The van der Waals surface area contributed by atoms with Crippen LogP contribution in [-0.2, 0) is 14.3 Å². The standard InChI is InChI=1S/C17H33NO2.C4H7NO/c1-2-3-4-5-6-7-8-9-10-11-15-20-17(19)16-13-12-14-18-16;6-4-2-1-3-5-4/h16,18H,2-15H2,1H3;1-3H2,(H,5,6)/t16-;/m0./s1. The number of unbranched alkanes of at least 4 members (excludes halogenated alkanes) is 9. The van der Waals surface area contributed by atoms with Gasteiger partial charge in [-0.25, -0.2) is 0 Å². The van der Waals surface area contributed by atoms with E-state index in [1.807, 2.05) is 0 Å². The normalized spacial score (nSPS) is 19.0. The van der Waals surface area contributed by atoms with Crippen LogP contribution in [0.4, 0.5) is 0 Å². The second-order valence-corrected chi connectivity index (χ2v) is 7.45. The highest BCUT2D eigenvalue weighted by molar-refractivity contribution is 5.77. The fraction of sp³-hybridized carbons (Fsp3) is 0.905. The lowest BCUT2D eigenvalue weighted by molar-refractivity contribution is -0.145. The molecular formula is C21H40N2O3. The van der Waals surface area contributed by atoms with E-state index in [1.165, 1.54) is 57.8 Å². The molecule has 0 aromatic heterocycles. The van der Waals surface area contributed by atoms with Gasteiger partial charge in [-0.1, -0.05) is 64.7 Å². The van der Waals surface area contributed by atoms with E-state index in [1.54, 1.807) is 0 Å². The molecule has 152 valence electrons. The topological polar surface area (TPSA) is 67.4 Å². The molecule has 1 atom stereocenters. The van der Waals surface area contributed by atoms with Crippen LogP contribution in [0.1, 0.15) is 96.8 Å². The van der Waals surface area contributed by atoms with Crippen LogP contribution in [0.25, 0.3) is 0 Å². The van der Waals surface area contributed by atoms with Crippen molar-refractivity contribution in [3.05, 3.63) is 0 Å². The minimum Gasteiger partial charge on any atom is -0.465 e. The Morgan fingerprint density at radius 1 is 0.962 bits per heavy atom. The molecule has 0 aliphatic carbocycles. The van der Waals surface area contributed by atoms with Gasteiger partial charge in [0.15, 0.2) is 0 Å². The summed E-state index contributed by atoms with van der Waals surface area (Å²) in [7, 11) is 0. The van der Waals surface area contributed by atoms with Gasteiger partial charge in [-0.15, -0.1) is 0 Å². The molecule has 0 radical (unpaired) electrons. The van der Waals surface area contributed by atoms with E-state index in [0.29, 0.717) is 6.61 Å². The van der Waals surface area contributed by atoms with Gasteiger partial charge in [0.05, 0.1) is 6.61 Å². The monoisotopic (exact) mass is 368 g/mol. The maximum Gasteiger partial charge on any atom is 0.323 e. The highest BCUT2D eigenvalue weighted by Crippen LogP contribution is 2.11. The number of hydrogen-bond acceptors (Lipinski definition) is 4. The van der Waals surface area contributed by atoms with Crippen molar-refractivity contribution >= 4 is 11.9 Å². The average Bonchev–Trinajstić information content (AvgIpc) is 3.34. The summed E-state index contributed by atoms with van der Waals surface area (Å²) in [6.07, 6.45) is 16.9. The van der Waals surface area contributed by atoms with E-state index < -0.39 is 0 Å². The summed E-state index contributed by atoms with van der Waals surface area (Å²) >= 11 is 0. The molecule has 2 N–H and O–H groups in total. The van der Waals surface area contributed by atoms with Gasteiger partial charge in [0.2, 0.25) is 5.91 Å². The third kappa shape index (κ3) is 12.3. The summed E-state index contributed by atoms with van der Waals surface area (Å²) < 4.78 is 5.30. The molecule has 2 aliphatic rings. The number of carbonyl (C=O) groups is 2. The minimum absolute atomic E-state index is 0.0295. The van der Waals surface area contributed by atoms with Crippen molar-refractivity contribution < 1.29 is 14.3 Å². The molecule has 5 heteroatoms. The maximum atomic E-state index is 11.6. The van der Waals surface area contributed by atoms with Crippen molar-refractivity contribution in [2.24, 2.45) is 0 Å². The Bertz CT molecular complexity index is 360. The molecule has 0 spiro atoms. The lowest BCUT2D eigenvalue weighted by Gasteiger charge is -2.10. The second-order valence-electron chi connectivity index (χ2n) is 7.45. The molecule has 1 amide bonds. The number of ether oxygens (including phenoxy) is 1. The van der Waals surface area contributed by atoms with Gasteiger partial charge in [0, 0.05) is 13.0 Å². The van der Waals surface area contributed by atoms with Crippen LogP contribution < -0.4 is 10.6 Å². The Hall–Kier alpha value is -1.10. The van der Waals surface area contributed by atoms with Gasteiger partial charge in [0.1, 0.15) is 6.04 Å². The average molecular weight is 369 g/mol. The SMILES string of the molecule is CCCCCCCCCCCCOC(=O)[C@@H]1CCCN1.O=C1CCCN1. The molecule has 2 aliphatic heterocycles. The van der Waals surface area contributed by atoms with Gasteiger partial charge in [-0.2, -0.15) is 0 Å².